The fourth-order valence-corrected chi connectivity index (χ4v) is 2.32. The lowest BCUT2D eigenvalue weighted by molar-refractivity contribution is -0.116. The first-order chi connectivity index (χ1) is 13.2. The van der Waals surface area contributed by atoms with Crippen molar-refractivity contribution in [2.24, 2.45) is 4.99 Å². The molecule has 0 saturated carbocycles. The molecule has 0 unspecified atom stereocenters. The van der Waals surface area contributed by atoms with Gasteiger partial charge in [0.15, 0.2) is 5.96 Å². The number of hydrogen-bond acceptors (Lipinski definition) is 4. The summed E-state index contributed by atoms with van der Waals surface area (Å²) in [5.74, 6) is 2.01. The van der Waals surface area contributed by atoms with Gasteiger partial charge in [0.05, 0.1) is 6.61 Å². The Morgan fingerprint density at radius 3 is 2.59 bits per heavy atom. The zero-order valence-electron chi connectivity index (χ0n) is 15.9. The molecule has 0 spiro atoms. The summed E-state index contributed by atoms with van der Waals surface area (Å²) in [7, 11) is 1.70. The maximum Gasteiger partial charge on any atom is 0.227 e. The van der Waals surface area contributed by atoms with Crippen LogP contribution in [-0.4, -0.2) is 43.6 Å². The number of rotatable bonds is 9. The minimum atomic E-state index is -0.0904. The Morgan fingerprint density at radius 2 is 1.85 bits per heavy atom. The number of amides is 1. The Hall–Kier alpha value is -3.09. The van der Waals surface area contributed by atoms with E-state index in [1.807, 2.05) is 49.4 Å². The molecule has 0 fully saturated rings. The van der Waals surface area contributed by atoms with Crippen molar-refractivity contribution in [2.75, 3.05) is 32.1 Å². The molecule has 2 rings (SSSR count). The minimum Gasteiger partial charge on any atom is -0.494 e. The standard InChI is InChI=1S/C20H27N5O2/c1-16-8-6-11-18(24-16)25-19(26)12-14-23-20(21-2)22-13-7-15-27-17-9-4-3-5-10-17/h3-6,8-11H,7,12-15H2,1-2H3,(H2,21,22,23)(H,24,25,26). The average molecular weight is 369 g/mol. The van der Waals surface area contributed by atoms with Gasteiger partial charge in [-0.2, -0.15) is 0 Å². The SMILES string of the molecule is CN=C(NCCCOc1ccccc1)NCCC(=O)Nc1cccc(C)n1. The number of pyridine rings is 1. The molecule has 0 aliphatic heterocycles. The third-order valence-electron chi connectivity index (χ3n) is 3.65. The number of aromatic nitrogens is 1. The van der Waals surface area contributed by atoms with Gasteiger partial charge in [0.25, 0.3) is 0 Å². The van der Waals surface area contributed by atoms with Crippen molar-refractivity contribution in [1.29, 1.82) is 0 Å². The van der Waals surface area contributed by atoms with Gasteiger partial charge in [-0.25, -0.2) is 4.98 Å². The molecule has 1 aromatic heterocycles. The van der Waals surface area contributed by atoms with Gasteiger partial charge in [-0.1, -0.05) is 24.3 Å². The smallest absolute Gasteiger partial charge is 0.227 e. The number of carbonyl (C=O) groups is 1. The van der Waals surface area contributed by atoms with Gasteiger partial charge in [0.2, 0.25) is 5.91 Å². The maximum atomic E-state index is 12.0. The molecule has 7 nitrogen and oxygen atoms in total. The van der Waals surface area contributed by atoms with Crippen LogP contribution in [0.2, 0.25) is 0 Å². The summed E-state index contributed by atoms with van der Waals surface area (Å²) in [5, 5.41) is 9.11. The third-order valence-corrected chi connectivity index (χ3v) is 3.65. The molecule has 2 aromatic rings. The van der Waals surface area contributed by atoms with E-state index in [4.69, 9.17) is 4.74 Å². The van der Waals surface area contributed by atoms with Crippen LogP contribution in [0.4, 0.5) is 5.82 Å². The van der Waals surface area contributed by atoms with Crippen LogP contribution in [0.3, 0.4) is 0 Å². The molecule has 3 N–H and O–H groups in total. The van der Waals surface area contributed by atoms with Crippen molar-refractivity contribution in [3.05, 3.63) is 54.2 Å². The van der Waals surface area contributed by atoms with Crippen LogP contribution < -0.4 is 20.7 Å². The summed E-state index contributed by atoms with van der Waals surface area (Å²) in [5.41, 5.74) is 0.867. The first-order valence-corrected chi connectivity index (χ1v) is 9.03. The van der Waals surface area contributed by atoms with Crippen LogP contribution in [0, 0.1) is 6.92 Å². The molecule has 0 aliphatic rings. The van der Waals surface area contributed by atoms with Crippen LogP contribution in [0.25, 0.3) is 0 Å². The van der Waals surface area contributed by atoms with Crippen molar-refractivity contribution in [3.63, 3.8) is 0 Å². The van der Waals surface area contributed by atoms with Crippen molar-refractivity contribution in [1.82, 2.24) is 15.6 Å². The summed E-state index contributed by atoms with van der Waals surface area (Å²) in [6, 6.07) is 15.3. The van der Waals surface area contributed by atoms with Crippen LogP contribution in [0.1, 0.15) is 18.5 Å². The summed E-state index contributed by atoms with van der Waals surface area (Å²) in [4.78, 5) is 20.4. The monoisotopic (exact) mass is 369 g/mol. The van der Waals surface area contributed by atoms with E-state index in [-0.39, 0.29) is 5.91 Å². The van der Waals surface area contributed by atoms with Crippen LogP contribution in [-0.2, 0) is 4.79 Å². The van der Waals surface area contributed by atoms with E-state index >= 15 is 0 Å². The highest BCUT2D eigenvalue weighted by molar-refractivity contribution is 5.90. The number of ether oxygens (including phenoxy) is 1. The van der Waals surface area contributed by atoms with Gasteiger partial charge >= 0.3 is 0 Å². The van der Waals surface area contributed by atoms with Crippen LogP contribution >= 0.6 is 0 Å². The number of para-hydroxylation sites is 1. The van der Waals surface area contributed by atoms with E-state index in [0.717, 1.165) is 24.4 Å². The summed E-state index contributed by atoms with van der Waals surface area (Å²) in [6.07, 6.45) is 1.17. The van der Waals surface area contributed by atoms with Gasteiger partial charge in [0, 0.05) is 32.3 Å². The molecule has 0 bridgehead atoms. The Bertz CT molecular complexity index is 734. The molecule has 0 radical (unpaired) electrons. The summed E-state index contributed by atoms with van der Waals surface area (Å²) in [6.45, 7) is 3.72. The molecular weight excluding hydrogens is 342 g/mol. The lowest BCUT2D eigenvalue weighted by atomic mass is 10.3. The zero-order chi connectivity index (χ0) is 19.3. The second kappa shape index (κ2) is 11.5. The number of aliphatic imine (C=N–C) groups is 1. The lowest BCUT2D eigenvalue weighted by Crippen LogP contribution is -2.39. The molecule has 0 atom stereocenters. The molecular formula is C20H27N5O2. The fraction of sp³-hybridized carbons (Fsp3) is 0.350. The highest BCUT2D eigenvalue weighted by atomic mass is 16.5. The van der Waals surface area contributed by atoms with Crippen molar-refractivity contribution in [3.8, 4) is 5.75 Å². The lowest BCUT2D eigenvalue weighted by Gasteiger charge is -2.12. The number of guanidine groups is 1. The number of hydrogen-bond donors (Lipinski definition) is 3. The topological polar surface area (TPSA) is 87.6 Å². The number of benzene rings is 1. The normalized spacial score (nSPS) is 11.0. The highest BCUT2D eigenvalue weighted by Gasteiger charge is 2.04. The van der Waals surface area contributed by atoms with Crippen LogP contribution in [0.5, 0.6) is 5.75 Å². The van der Waals surface area contributed by atoms with E-state index in [1.165, 1.54) is 0 Å². The number of aryl methyl sites for hydroxylation is 1. The molecule has 1 heterocycles. The molecule has 144 valence electrons. The van der Waals surface area contributed by atoms with Crippen molar-refractivity contribution in [2.45, 2.75) is 19.8 Å². The van der Waals surface area contributed by atoms with Crippen LogP contribution in [0.15, 0.2) is 53.5 Å². The van der Waals surface area contributed by atoms with E-state index in [0.29, 0.717) is 31.3 Å². The Labute approximate surface area is 160 Å². The van der Waals surface area contributed by atoms with Gasteiger partial charge in [0.1, 0.15) is 11.6 Å². The number of anilines is 1. The molecule has 7 heteroatoms. The molecule has 0 aliphatic carbocycles. The summed E-state index contributed by atoms with van der Waals surface area (Å²) < 4.78 is 5.64. The average Bonchev–Trinajstić information content (AvgIpc) is 2.67. The Balaban J connectivity index is 1.57. The van der Waals surface area contributed by atoms with Crippen molar-refractivity contribution >= 4 is 17.7 Å². The quantitative estimate of drug-likeness (QED) is 0.359. The maximum absolute atomic E-state index is 12.0. The molecule has 27 heavy (non-hydrogen) atoms. The minimum absolute atomic E-state index is 0.0904. The Morgan fingerprint density at radius 1 is 1.07 bits per heavy atom. The predicted molar refractivity (Wildman–Crippen MR) is 108 cm³/mol. The van der Waals surface area contributed by atoms with E-state index in [2.05, 4.69) is 25.9 Å². The van der Waals surface area contributed by atoms with E-state index in [1.54, 1.807) is 13.1 Å². The second-order valence-electron chi connectivity index (χ2n) is 5.90. The first-order valence-electron chi connectivity index (χ1n) is 9.03. The first kappa shape index (κ1) is 20.2. The fourth-order valence-electron chi connectivity index (χ4n) is 2.32. The number of carbonyl (C=O) groups excluding carboxylic acids is 1. The van der Waals surface area contributed by atoms with E-state index < -0.39 is 0 Å². The number of nitrogens with zero attached hydrogens (tertiary/aromatic N) is 2. The molecule has 1 aromatic carbocycles. The van der Waals surface area contributed by atoms with Crippen molar-refractivity contribution < 1.29 is 9.53 Å². The zero-order valence-corrected chi connectivity index (χ0v) is 15.9. The van der Waals surface area contributed by atoms with E-state index in [9.17, 15) is 4.79 Å². The van der Waals surface area contributed by atoms with Gasteiger partial charge < -0.3 is 20.7 Å². The predicted octanol–water partition coefficient (Wildman–Crippen LogP) is 2.35. The number of nitrogens with one attached hydrogen (secondary N) is 3. The highest BCUT2D eigenvalue weighted by Crippen LogP contribution is 2.08. The summed E-state index contributed by atoms with van der Waals surface area (Å²) >= 11 is 0. The third kappa shape index (κ3) is 8.22. The Kier molecular flexibility index (Phi) is 8.62. The largest absolute Gasteiger partial charge is 0.494 e. The second-order valence-corrected chi connectivity index (χ2v) is 5.90. The molecule has 1 amide bonds. The van der Waals surface area contributed by atoms with Gasteiger partial charge in [-0.15, -0.1) is 0 Å². The van der Waals surface area contributed by atoms with Gasteiger partial charge in [-0.05, 0) is 37.6 Å². The molecule has 0 saturated heterocycles. The van der Waals surface area contributed by atoms with Gasteiger partial charge in [-0.3, -0.25) is 9.79 Å².